The fourth-order valence-corrected chi connectivity index (χ4v) is 3.64. The molecule has 1 aliphatic rings. The SMILES string of the molecule is O=C(Nc1ccc(Br)cc1)[C@H]1CC(=O)N(c2ccc(OCc3ccccc3)cc2)C1. The summed E-state index contributed by atoms with van der Waals surface area (Å²) < 4.78 is 6.74. The highest BCUT2D eigenvalue weighted by Gasteiger charge is 2.35. The molecule has 0 saturated carbocycles. The quantitative estimate of drug-likeness (QED) is 0.556. The minimum atomic E-state index is -0.379. The molecule has 1 heterocycles. The zero-order valence-electron chi connectivity index (χ0n) is 16.3. The largest absolute Gasteiger partial charge is 0.489 e. The van der Waals surface area contributed by atoms with E-state index in [9.17, 15) is 9.59 Å². The zero-order chi connectivity index (χ0) is 20.9. The summed E-state index contributed by atoms with van der Waals surface area (Å²) in [6, 6.07) is 24.7. The number of hydrogen-bond acceptors (Lipinski definition) is 3. The second-order valence-corrected chi connectivity index (χ2v) is 8.09. The van der Waals surface area contributed by atoms with Crippen LogP contribution in [0.15, 0.2) is 83.3 Å². The molecule has 1 aliphatic heterocycles. The molecule has 3 aromatic carbocycles. The van der Waals surface area contributed by atoms with E-state index in [-0.39, 0.29) is 24.2 Å². The Morgan fingerprint density at radius 1 is 1.00 bits per heavy atom. The number of nitrogens with zero attached hydrogens (tertiary/aromatic N) is 1. The van der Waals surface area contributed by atoms with Gasteiger partial charge in [-0.1, -0.05) is 46.3 Å². The van der Waals surface area contributed by atoms with E-state index >= 15 is 0 Å². The predicted molar refractivity (Wildman–Crippen MR) is 120 cm³/mol. The third-order valence-corrected chi connectivity index (χ3v) is 5.53. The van der Waals surface area contributed by atoms with Crippen LogP contribution >= 0.6 is 15.9 Å². The fraction of sp³-hybridized carbons (Fsp3) is 0.167. The van der Waals surface area contributed by atoms with Crippen LogP contribution in [-0.4, -0.2) is 18.4 Å². The lowest BCUT2D eigenvalue weighted by atomic mass is 10.1. The lowest BCUT2D eigenvalue weighted by molar-refractivity contribution is -0.122. The minimum Gasteiger partial charge on any atom is -0.489 e. The first-order valence-electron chi connectivity index (χ1n) is 9.72. The van der Waals surface area contributed by atoms with E-state index in [1.807, 2.05) is 78.9 Å². The van der Waals surface area contributed by atoms with E-state index in [1.54, 1.807) is 4.90 Å². The zero-order valence-corrected chi connectivity index (χ0v) is 17.8. The molecule has 0 aromatic heterocycles. The molecule has 0 unspecified atom stereocenters. The van der Waals surface area contributed by atoms with Crippen LogP contribution in [0.25, 0.3) is 0 Å². The predicted octanol–water partition coefficient (Wildman–Crippen LogP) is 5.02. The van der Waals surface area contributed by atoms with Crippen LogP contribution in [0.2, 0.25) is 0 Å². The van der Waals surface area contributed by atoms with Crippen molar-refractivity contribution < 1.29 is 14.3 Å². The Labute approximate surface area is 183 Å². The second kappa shape index (κ2) is 9.13. The normalized spacial score (nSPS) is 15.8. The van der Waals surface area contributed by atoms with Crippen LogP contribution in [0.1, 0.15) is 12.0 Å². The van der Waals surface area contributed by atoms with Crippen molar-refractivity contribution in [2.24, 2.45) is 5.92 Å². The Morgan fingerprint density at radius 3 is 2.40 bits per heavy atom. The van der Waals surface area contributed by atoms with Crippen LogP contribution in [-0.2, 0) is 16.2 Å². The van der Waals surface area contributed by atoms with Crippen LogP contribution < -0.4 is 15.0 Å². The first kappa shape index (κ1) is 20.2. The van der Waals surface area contributed by atoms with Gasteiger partial charge in [0.15, 0.2) is 0 Å². The van der Waals surface area contributed by atoms with E-state index in [4.69, 9.17) is 4.74 Å². The smallest absolute Gasteiger partial charge is 0.229 e. The van der Waals surface area contributed by atoms with Crippen LogP contribution in [0, 0.1) is 5.92 Å². The number of anilines is 2. The maximum absolute atomic E-state index is 12.6. The second-order valence-electron chi connectivity index (χ2n) is 7.17. The molecule has 2 amide bonds. The summed E-state index contributed by atoms with van der Waals surface area (Å²) >= 11 is 3.37. The number of nitrogens with one attached hydrogen (secondary N) is 1. The molecule has 0 spiro atoms. The minimum absolute atomic E-state index is 0.0519. The van der Waals surface area contributed by atoms with E-state index in [0.29, 0.717) is 18.8 Å². The molecule has 1 atom stereocenters. The van der Waals surface area contributed by atoms with Gasteiger partial charge in [-0.3, -0.25) is 9.59 Å². The lowest BCUT2D eigenvalue weighted by Crippen LogP contribution is -2.28. The van der Waals surface area contributed by atoms with Gasteiger partial charge in [0.1, 0.15) is 12.4 Å². The summed E-state index contributed by atoms with van der Waals surface area (Å²) in [6.07, 6.45) is 0.203. The summed E-state index contributed by atoms with van der Waals surface area (Å²) in [5.41, 5.74) is 2.58. The van der Waals surface area contributed by atoms with Crippen molar-refractivity contribution in [3.63, 3.8) is 0 Å². The summed E-state index contributed by atoms with van der Waals surface area (Å²) in [7, 11) is 0. The third kappa shape index (κ3) is 4.89. The Bertz CT molecular complexity index is 1020. The molecule has 4 rings (SSSR count). The number of amides is 2. The molecule has 5 nitrogen and oxygen atoms in total. The van der Waals surface area contributed by atoms with Crippen molar-refractivity contribution in [3.8, 4) is 5.75 Å². The van der Waals surface area contributed by atoms with Crippen molar-refractivity contribution in [2.45, 2.75) is 13.0 Å². The van der Waals surface area contributed by atoms with Gasteiger partial charge in [-0.15, -0.1) is 0 Å². The molecule has 152 valence electrons. The van der Waals surface area contributed by atoms with Crippen molar-refractivity contribution >= 4 is 39.1 Å². The molecule has 3 aromatic rings. The topological polar surface area (TPSA) is 58.6 Å². The summed E-state index contributed by atoms with van der Waals surface area (Å²) in [5, 5.41) is 2.89. The van der Waals surface area contributed by atoms with Crippen LogP contribution in [0.4, 0.5) is 11.4 Å². The van der Waals surface area contributed by atoms with E-state index in [2.05, 4.69) is 21.2 Å². The number of halogens is 1. The number of carbonyl (C=O) groups is 2. The summed E-state index contributed by atoms with van der Waals surface area (Å²) in [5.74, 6) is 0.161. The molecule has 1 fully saturated rings. The Morgan fingerprint density at radius 2 is 1.70 bits per heavy atom. The number of carbonyl (C=O) groups excluding carboxylic acids is 2. The molecule has 1 N–H and O–H groups in total. The van der Waals surface area contributed by atoms with Gasteiger partial charge >= 0.3 is 0 Å². The standard InChI is InChI=1S/C24H21BrN2O3/c25-19-6-8-20(9-7-19)26-24(29)18-14-23(28)27(15-18)21-10-12-22(13-11-21)30-16-17-4-2-1-3-5-17/h1-13,18H,14-16H2,(H,26,29)/t18-/m0/s1. The van der Waals surface area contributed by atoms with Gasteiger partial charge in [0, 0.05) is 28.8 Å². The van der Waals surface area contributed by atoms with E-state index in [1.165, 1.54) is 0 Å². The fourth-order valence-electron chi connectivity index (χ4n) is 3.37. The van der Waals surface area contributed by atoms with Gasteiger partial charge in [0.2, 0.25) is 11.8 Å². The highest BCUT2D eigenvalue weighted by Crippen LogP contribution is 2.28. The Balaban J connectivity index is 1.35. The highest BCUT2D eigenvalue weighted by atomic mass is 79.9. The molecule has 0 radical (unpaired) electrons. The summed E-state index contributed by atoms with van der Waals surface area (Å²) in [6.45, 7) is 0.854. The Kier molecular flexibility index (Phi) is 6.14. The highest BCUT2D eigenvalue weighted by molar-refractivity contribution is 9.10. The molecule has 1 saturated heterocycles. The number of benzene rings is 3. The molecular formula is C24H21BrN2O3. The average Bonchev–Trinajstić information content (AvgIpc) is 3.17. The van der Waals surface area contributed by atoms with E-state index in [0.717, 1.165) is 21.5 Å². The summed E-state index contributed by atoms with van der Waals surface area (Å²) in [4.78, 5) is 26.7. The van der Waals surface area contributed by atoms with Gasteiger partial charge in [-0.05, 0) is 54.1 Å². The van der Waals surface area contributed by atoms with Gasteiger partial charge in [-0.25, -0.2) is 0 Å². The third-order valence-electron chi connectivity index (χ3n) is 5.00. The maximum atomic E-state index is 12.6. The molecular weight excluding hydrogens is 444 g/mol. The number of hydrogen-bond donors (Lipinski definition) is 1. The Hall–Kier alpha value is -3.12. The monoisotopic (exact) mass is 464 g/mol. The van der Waals surface area contributed by atoms with Crippen molar-refractivity contribution in [1.29, 1.82) is 0 Å². The van der Waals surface area contributed by atoms with Crippen LogP contribution in [0.3, 0.4) is 0 Å². The molecule has 30 heavy (non-hydrogen) atoms. The van der Waals surface area contributed by atoms with Crippen LogP contribution in [0.5, 0.6) is 5.75 Å². The van der Waals surface area contributed by atoms with Gasteiger partial charge < -0.3 is 15.0 Å². The van der Waals surface area contributed by atoms with Gasteiger partial charge in [-0.2, -0.15) is 0 Å². The number of rotatable bonds is 6. The van der Waals surface area contributed by atoms with E-state index < -0.39 is 0 Å². The number of ether oxygens (including phenoxy) is 1. The first-order valence-corrected chi connectivity index (χ1v) is 10.5. The maximum Gasteiger partial charge on any atom is 0.229 e. The van der Waals surface area contributed by atoms with Gasteiger partial charge in [0.25, 0.3) is 0 Å². The first-order chi connectivity index (χ1) is 14.6. The van der Waals surface area contributed by atoms with Gasteiger partial charge in [0.05, 0.1) is 5.92 Å². The molecule has 0 bridgehead atoms. The molecule has 0 aliphatic carbocycles. The van der Waals surface area contributed by atoms with Crippen molar-refractivity contribution in [3.05, 3.63) is 88.9 Å². The average molecular weight is 465 g/mol. The lowest BCUT2D eigenvalue weighted by Gasteiger charge is -2.17. The van der Waals surface area contributed by atoms with Crippen molar-refractivity contribution in [2.75, 3.05) is 16.8 Å². The van der Waals surface area contributed by atoms with Crippen molar-refractivity contribution in [1.82, 2.24) is 0 Å². The molecule has 6 heteroatoms.